The van der Waals surface area contributed by atoms with Gasteiger partial charge in [0.05, 0.1) is 10.7 Å². The van der Waals surface area contributed by atoms with Crippen molar-refractivity contribution < 1.29 is 0 Å². The summed E-state index contributed by atoms with van der Waals surface area (Å²) in [7, 11) is 4.25. The van der Waals surface area contributed by atoms with Gasteiger partial charge < -0.3 is 10.2 Å². The van der Waals surface area contributed by atoms with Gasteiger partial charge in [0.1, 0.15) is 0 Å². The molecule has 3 rings (SSSR count). The number of thiazole rings is 1. The van der Waals surface area contributed by atoms with Crippen molar-refractivity contribution in [2.45, 2.75) is 30.6 Å². The predicted octanol–water partition coefficient (Wildman–Crippen LogP) is 1.81. The molecule has 1 N–H and O–H groups in total. The summed E-state index contributed by atoms with van der Waals surface area (Å²) < 4.78 is 0. The molecule has 1 aliphatic carbocycles. The van der Waals surface area contributed by atoms with E-state index in [1.165, 1.54) is 43.1 Å². The highest BCUT2D eigenvalue weighted by Gasteiger charge is 2.45. The zero-order valence-electron chi connectivity index (χ0n) is 10.7. The van der Waals surface area contributed by atoms with E-state index in [-0.39, 0.29) is 0 Å². The number of hydrogen-bond donors (Lipinski definition) is 1. The minimum atomic E-state index is 0.383. The van der Waals surface area contributed by atoms with Crippen molar-refractivity contribution >= 4 is 11.3 Å². The maximum absolute atomic E-state index is 4.93. The van der Waals surface area contributed by atoms with Crippen molar-refractivity contribution in [1.82, 2.24) is 15.2 Å². The average molecular weight is 251 g/mol. The van der Waals surface area contributed by atoms with Crippen LogP contribution in [0.25, 0.3) is 0 Å². The molecule has 3 nitrogen and oxygen atoms in total. The number of likely N-dealkylation sites (N-methyl/N-ethyl adjacent to an activating group) is 2. The lowest BCUT2D eigenvalue weighted by Gasteiger charge is -2.11. The third-order valence-electron chi connectivity index (χ3n) is 4.17. The highest BCUT2D eigenvalue weighted by Crippen LogP contribution is 2.48. The lowest BCUT2D eigenvalue weighted by atomic mass is 10.0. The van der Waals surface area contributed by atoms with E-state index in [0.29, 0.717) is 11.3 Å². The molecule has 1 aromatic rings. The summed E-state index contributed by atoms with van der Waals surface area (Å²) in [4.78, 5) is 7.34. The first kappa shape index (κ1) is 11.6. The summed E-state index contributed by atoms with van der Waals surface area (Å²) >= 11 is 1.88. The van der Waals surface area contributed by atoms with Gasteiger partial charge in [-0.05, 0) is 39.9 Å². The lowest BCUT2D eigenvalue weighted by Crippen LogP contribution is -2.24. The number of nitrogens with one attached hydrogen (secondary N) is 1. The molecule has 1 unspecified atom stereocenters. The van der Waals surface area contributed by atoms with Gasteiger partial charge in [0.15, 0.2) is 0 Å². The monoisotopic (exact) mass is 251 g/mol. The fourth-order valence-corrected chi connectivity index (χ4v) is 3.94. The van der Waals surface area contributed by atoms with Gasteiger partial charge in [0.25, 0.3) is 0 Å². The van der Waals surface area contributed by atoms with Gasteiger partial charge >= 0.3 is 0 Å². The molecule has 1 saturated heterocycles. The largest absolute Gasteiger partial charge is 0.319 e. The van der Waals surface area contributed by atoms with E-state index in [0.717, 1.165) is 6.54 Å². The third kappa shape index (κ3) is 2.14. The summed E-state index contributed by atoms with van der Waals surface area (Å²) in [6, 6.07) is 0. The topological polar surface area (TPSA) is 28.2 Å². The van der Waals surface area contributed by atoms with Crippen LogP contribution in [0.1, 0.15) is 35.9 Å². The van der Waals surface area contributed by atoms with Gasteiger partial charge in [-0.15, -0.1) is 11.3 Å². The molecule has 4 heteroatoms. The molecule has 17 heavy (non-hydrogen) atoms. The summed E-state index contributed by atoms with van der Waals surface area (Å²) in [6.45, 7) is 3.49. The van der Waals surface area contributed by atoms with Crippen LogP contribution < -0.4 is 5.32 Å². The maximum Gasteiger partial charge on any atom is 0.0972 e. The molecule has 1 atom stereocenters. The second-order valence-electron chi connectivity index (χ2n) is 5.63. The Morgan fingerprint density at radius 1 is 1.59 bits per heavy atom. The first-order chi connectivity index (χ1) is 8.23. The Bertz CT molecular complexity index is 397. The molecular weight excluding hydrogens is 230 g/mol. The summed E-state index contributed by atoms with van der Waals surface area (Å²) in [5, 5.41) is 6.98. The van der Waals surface area contributed by atoms with Gasteiger partial charge in [-0.2, -0.15) is 0 Å². The van der Waals surface area contributed by atoms with Crippen LogP contribution in [-0.2, 0) is 5.41 Å². The zero-order chi connectivity index (χ0) is 11.9. The maximum atomic E-state index is 4.93. The van der Waals surface area contributed by atoms with Crippen molar-refractivity contribution in [3.05, 3.63) is 16.1 Å². The van der Waals surface area contributed by atoms with Crippen molar-refractivity contribution in [1.29, 1.82) is 0 Å². The molecule has 0 amide bonds. The number of aromatic nitrogens is 1. The van der Waals surface area contributed by atoms with Crippen molar-refractivity contribution in [2.75, 3.05) is 33.7 Å². The van der Waals surface area contributed by atoms with E-state index >= 15 is 0 Å². The zero-order valence-corrected chi connectivity index (χ0v) is 11.5. The number of rotatable bonds is 4. The van der Waals surface area contributed by atoms with Crippen LogP contribution in [0, 0.1) is 0 Å². The lowest BCUT2D eigenvalue weighted by molar-refractivity contribution is 0.411. The first-order valence-corrected chi connectivity index (χ1v) is 7.40. The minimum Gasteiger partial charge on any atom is -0.319 e. The number of likely N-dealkylation sites (tertiary alicyclic amines) is 1. The van der Waals surface area contributed by atoms with Crippen LogP contribution in [0.5, 0.6) is 0 Å². The van der Waals surface area contributed by atoms with Crippen LogP contribution in [0.15, 0.2) is 5.38 Å². The molecule has 1 saturated carbocycles. The molecule has 0 bridgehead atoms. The Hall–Kier alpha value is -0.450. The smallest absolute Gasteiger partial charge is 0.0972 e. The molecule has 1 aromatic heterocycles. The number of hydrogen-bond acceptors (Lipinski definition) is 4. The van der Waals surface area contributed by atoms with Gasteiger partial charge in [-0.25, -0.2) is 4.98 Å². The highest BCUT2D eigenvalue weighted by atomic mass is 32.1. The Morgan fingerprint density at radius 3 is 3.00 bits per heavy atom. The Balaban J connectivity index is 1.74. The van der Waals surface area contributed by atoms with Crippen LogP contribution in [0.4, 0.5) is 0 Å². The Labute approximate surface area is 107 Å². The van der Waals surface area contributed by atoms with Crippen LogP contribution in [-0.4, -0.2) is 43.6 Å². The normalized spacial score (nSPS) is 27.5. The van der Waals surface area contributed by atoms with Gasteiger partial charge in [-0.3, -0.25) is 0 Å². The summed E-state index contributed by atoms with van der Waals surface area (Å²) in [5.74, 6) is 0.684. The second-order valence-corrected chi connectivity index (χ2v) is 6.52. The standard InChI is InChI=1S/C13H21N3S/c1-14-9-13(4-5-13)11-8-17-12(15-11)10-3-6-16(2)7-10/h8,10,14H,3-7,9H2,1-2H3. The van der Waals surface area contributed by atoms with Gasteiger partial charge in [-0.1, -0.05) is 0 Å². The molecule has 2 fully saturated rings. The predicted molar refractivity (Wildman–Crippen MR) is 71.8 cm³/mol. The molecule has 0 aromatic carbocycles. The molecule has 2 heterocycles. The fraction of sp³-hybridized carbons (Fsp3) is 0.769. The number of nitrogens with zero attached hydrogens (tertiary/aromatic N) is 2. The Kier molecular flexibility index (Phi) is 2.97. The molecule has 94 valence electrons. The van der Waals surface area contributed by atoms with Crippen LogP contribution >= 0.6 is 11.3 Å². The average Bonchev–Trinajstić information content (AvgIpc) is 2.79. The molecule has 0 spiro atoms. The second kappa shape index (κ2) is 4.34. The highest BCUT2D eigenvalue weighted by molar-refractivity contribution is 7.09. The van der Waals surface area contributed by atoms with E-state index in [1.54, 1.807) is 0 Å². The van der Waals surface area contributed by atoms with Crippen molar-refractivity contribution in [2.24, 2.45) is 0 Å². The Morgan fingerprint density at radius 2 is 2.41 bits per heavy atom. The molecule has 0 radical (unpaired) electrons. The quantitative estimate of drug-likeness (QED) is 0.884. The van der Waals surface area contributed by atoms with E-state index in [9.17, 15) is 0 Å². The first-order valence-electron chi connectivity index (χ1n) is 6.52. The molecular formula is C13H21N3S. The van der Waals surface area contributed by atoms with E-state index < -0.39 is 0 Å². The van der Waals surface area contributed by atoms with Gasteiger partial charge in [0, 0.05) is 29.8 Å². The molecule has 1 aliphatic heterocycles. The van der Waals surface area contributed by atoms with Gasteiger partial charge in [0.2, 0.25) is 0 Å². The SMILES string of the molecule is CNCC1(c2csc(C3CCN(C)C3)n2)CC1. The van der Waals surface area contributed by atoms with Crippen molar-refractivity contribution in [3.63, 3.8) is 0 Å². The fourth-order valence-electron chi connectivity index (χ4n) is 2.87. The van der Waals surface area contributed by atoms with Crippen LogP contribution in [0.2, 0.25) is 0 Å². The van der Waals surface area contributed by atoms with E-state index in [4.69, 9.17) is 4.98 Å². The van der Waals surface area contributed by atoms with Crippen LogP contribution in [0.3, 0.4) is 0 Å². The third-order valence-corrected chi connectivity index (χ3v) is 5.18. The van der Waals surface area contributed by atoms with E-state index in [1.807, 2.05) is 18.4 Å². The van der Waals surface area contributed by atoms with E-state index in [2.05, 4.69) is 22.6 Å². The summed E-state index contributed by atoms with van der Waals surface area (Å²) in [5.41, 5.74) is 1.73. The minimum absolute atomic E-state index is 0.383. The summed E-state index contributed by atoms with van der Waals surface area (Å²) in [6.07, 6.45) is 3.89. The molecule has 2 aliphatic rings. The van der Waals surface area contributed by atoms with Crippen molar-refractivity contribution in [3.8, 4) is 0 Å².